The Morgan fingerprint density at radius 1 is 1.00 bits per heavy atom. The number of aromatic hydroxyl groups is 1. The Kier molecular flexibility index (Phi) is 4.15. The number of benzene rings is 1. The van der Waals surface area contributed by atoms with Gasteiger partial charge in [0.25, 0.3) is 5.91 Å². The van der Waals surface area contributed by atoms with Crippen LogP contribution in [0.2, 0.25) is 0 Å². The van der Waals surface area contributed by atoms with Gasteiger partial charge in [-0.15, -0.1) is 0 Å². The van der Waals surface area contributed by atoms with Crippen molar-refractivity contribution in [2.45, 2.75) is 19.3 Å². The average Bonchev–Trinajstić information content (AvgIpc) is 3.34. The lowest BCUT2D eigenvalue weighted by Gasteiger charge is -2.35. The zero-order chi connectivity index (χ0) is 17.4. The van der Waals surface area contributed by atoms with Crippen LogP contribution in [0.3, 0.4) is 0 Å². The van der Waals surface area contributed by atoms with Crippen LogP contribution in [0, 0.1) is 11.3 Å². The van der Waals surface area contributed by atoms with Crippen LogP contribution in [0.1, 0.15) is 29.6 Å². The number of hydrogen-bond donors (Lipinski definition) is 2. The summed E-state index contributed by atoms with van der Waals surface area (Å²) in [6.45, 7) is 4.44. The van der Waals surface area contributed by atoms with E-state index < -0.39 is 0 Å². The Labute approximate surface area is 147 Å². The fourth-order valence-corrected chi connectivity index (χ4v) is 4.31. The highest BCUT2D eigenvalue weighted by molar-refractivity contribution is 5.94. The van der Waals surface area contributed by atoms with Crippen LogP contribution in [0.25, 0.3) is 0 Å². The van der Waals surface area contributed by atoms with Crippen molar-refractivity contribution in [3.63, 3.8) is 0 Å². The Morgan fingerprint density at radius 3 is 2.24 bits per heavy atom. The number of amides is 2. The molecular weight excluding hydrogens is 318 g/mol. The van der Waals surface area contributed by atoms with E-state index in [1.165, 1.54) is 12.1 Å². The van der Waals surface area contributed by atoms with Gasteiger partial charge < -0.3 is 20.2 Å². The minimum atomic E-state index is -0.0339. The van der Waals surface area contributed by atoms with E-state index >= 15 is 0 Å². The van der Waals surface area contributed by atoms with Gasteiger partial charge in [-0.2, -0.15) is 0 Å². The second kappa shape index (κ2) is 6.33. The minimum absolute atomic E-state index is 0.0339. The molecule has 1 spiro atoms. The number of nitrogens with one attached hydrogen (secondary N) is 1. The van der Waals surface area contributed by atoms with Gasteiger partial charge in [-0.05, 0) is 62.0 Å². The molecule has 134 valence electrons. The summed E-state index contributed by atoms with van der Waals surface area (Å²) in [7, 11) is 0. The monoisotopic (exact) mass is 343 g/mol. The Balaban J connectivity index is 1.32. The number of phenolic OH excluding ortho intramolecular Hbond substituents is 1. The van der Waals surface area contributed by atoms with Crippen LogP contribution in [0.4, 0.5) is 0 Å². The summed E-state index contributed by atoms with van der Waals surface area (Å²) >= 11 is 0. The molecule has 6 nitrogen and oxygen atoms in total. The van der Waals surface area contributed by atoms with Crippen LogP contribution in [-0.2, 0) is 4.79 Å². The third kappa shape index (κ3) is 3.11. The van der Waals surface area contributed by atoms with Crippen molar-refractivity contribution in [3.05, 3.63) is 29.8 Å². The minimum Gasteiger partial charge on any atom is -0.508 e. The van der Waals surface area contributed by atoms with Crippen LogP contribution < -0.4 is 5.32 Å². The first-order chi connectivity index (χ1) is 12.1. The second-order valence-corrected chi connectivity index (χ2v) is 7.53. The maximum atomic E-state index is 12.8. The molecule has 1 saturated carbocycles. The molecule has 1 unspecified atom stereocenters. The van der Waals surface area contributed by atoms with E-state index in [9.17, 15) is 14.7 Å². The van der Waals surface area contributed by atoms with Crippen molar-refractivity contribution in [3.8, 4) is 5.75 Å². The van der Waals surface area contributed by atoms with E-state index in [-0.39, 0.29) is 23.0 Å². The number of piperidine rings is 1. The summed E-state index contributed by atoms with van der Waals surface area (Å²) in [4.78, 5) is 29.0. The van der Waals surface area contributed by atoms with Gasteiger partial charge in [0.15, 0.2) is 0 Å². The number of nitrogens with zero attached hydrogens (tertiary/aromatic N) is 2. The summed E-state index contributed by atoms with van der Waals surface area (Å²) in [5, 5.41) is 12.7. The number of phenols is 1. The van der Waals surface area contributed by atoms with Gasteiger partial charge in [-0.3, -0.25) is 9.59 Å². The molecule has 2 amide bonds. The predicted octanol–water partition coefficient (Wildman–Crippen LogP) is 1.07. The molecule has 0 radical (unpaired) electrons. The highest BCUT2D eigenvalue weighted by Crippen LogP contribution is 2.59. The molecule has 2 aliphatic heterocycles. The first-order valence-electron chi connectivity index (χ1n) is 9.17. The fourth-order valence-electron chi connectivity index (χ4n) is 4.31. The van der Waals surface area contributed by atoms with Gasteiger partial charge in [0, 0.05) is 37.7 Å². The lowest BCUT2D eigenvalue weighted by atomic mass is 9.91. The number of hydrogen-bond acceptors (Lipinski definition) is 4. The Hall–Kier alpha value is -2.08. The van der Waals surface area contributed by atoms with Gasteiger partial charge in [0.05, 0.1) is 0 Å². The number of rotatable bonds is 2. The van der Waals surface area contributed by atoms with E-state index in [2.05, 4.69) is 5.32 Å². The number of carbonyl (C=O) groups is 2. The standard InChI is InChI=1S/C19H25N3O3/c23-15-3-1-14(2-4-15)17(24)21-9-11-22(12-10-21)18(25)16-13-19(16)5-7-20-8-6-19/h1-4,16,20,23H,5-13H2. The molecule has 4 rings (SSSR count). The molecule has 2 heterocycles. The van der Waals surface area contributed by atoms with Crippen LogP contribution in [-0.4, -0.2) is 66.0 Å². The van der Waals surface area contributed by atoms with E-state index in [1.54, 1.807) is 17.0 Å². The topological polar surface area (TPSA) is 72.9 Å². The number of piperazine rings is 1. The summed E-state index contributed by atoms with van der Waals surface area (Å²) < 4.78 is 0. The second-order valence-electron chi connectivity index (χ2n) is 7.53. The van der Waals surface area contributed by atoms with E-state index in [0.717, 1.165) is 32.4 Å². The first-order valence-corrected chi connectivity index (χ1v) is 9.17. The molecule has 2 N–H and O–H groups in total. The smallest absolute Gasteiger partial charge is 0.253 e. The maximum Gasteiger partial charge on any atom is 0.253 e. The maximum absolute atomic E-state index is 12.8. The lowest BCUT2D eigenvalue weighted by molar-refractivity contribution is -0.135. The summed E-state index contributed by atoms with van der Waals surface area (Å²) in [6, 6.07) is 6.33. The molecule has 1 aromatic rings. The largest absolute Gasteiger partial charge is 0.508 e. The van der Waals surface area contributed by atoms with Crippen molar-refractivity contribution in [1.82, 2.24) is 15.1 Å². The molecule has 6 heteroatoms. The highest BCUT2D eigenvalue weighted by atomic mass is 16.3. The van der Waals surface area contributed by atoms with Gasteiger partial charge in [0.2, 0.25) is 5.91 Å². The van der Waals surface area contributed by atoms with Crippen molar-refractivity contribution in [2.75, 3.05) is 39.3 Å². The molecular formula is C19H25N3O3. The van der Waals surface area contributed by atoms with Crippen molar-refractivity contribution >= 4 is 11.8 Å². The first kappa shape index (κ1) is 16.4. The zero-order valence-corrected chi connectivity index (χ0v) is 14.4. The van der Waals surface area contributed by atoms with Gasteiger partial charge in [-0.25, -0.2) is 0 Å². The van der Waals surface area contributed by atoms with Gasteiger partial charge >= 0.3 is 0 Å². The molecule has 0 aromatic heterocycles. The van der Waals surface area contributed by atoms with E-state index in [1.807, 2.05) is 4.90 Å². The molecule has 3 aliphatic rings. The van der Waals surface area contributed by atoms with Crippen LogP contribution in [0.15, 0.2) is 24.3 Å². The highest BCUT2D eigenvalue weighted by Gasteiger charge is 2.58. The number of carbonyl (C=O) groups excluding carboxylic acids is 2. The molecule has 0 bridgehead atoms. The third-order valence-electron chi connectivity index (χ3n) is 6.08. The Bertz CT molecular complexity index is 659. The summed E-state index contributed by atoms with van der Waals surface area (Å²) in [5.41, 5.74) is 0.842. The molecule has 1 aromatic carbocycles. The predicted molar refractivity (Wildman–Crippen MR) is 93.2 cm³/mol. The van der Waals surface area contributed by atoms with Crippen LogP contribution in [0.5, 0.6) is 5.75 Å². The summed E-state index contributed by atoms with van der Waals surface area (Å²) in [5.74, 6) is 0.615. The summed E-state index contributed by atoms with van der Waals surface area (Å²) in [6.07, 6.45) is 3.27. The molecule has 1 atom stereocenters. The lowest BCUT2D eigenvalue weighted by Crippen LogP contribution is -2.51. The van der Waals surface area contributed by atoms with Crippen molar-refractivity contribution < 1.29 is 14.7 Å². The van der Waals surface area contributed by atoms with Crippen molar-refractivity contribution in [2.24, 2.45) is 11.3 Å². The molecule has 2 saturated heterocycles. The van der Waals surface area contributed by atoms with E-state index in [0.29, 0.717) is 37.6 Å². The normalized spacial score (nSPS) is 25.0. The zero-order valence-electron chi connectivity index (χ0n) is 14.4. The molecule has 1 aliphatic carbocycles. The van der Waals surface area contributed by atoms with Gasteiger partial charge in [0.1, 0.15) is 5.75 Å². The average molecular weight is 343 g/mol. The quantitative estimate of drug-likeness (QED) is 0.842. The third-order valence-corrected chi connectivity index (χ3v) is 6.08. The SMILES string of the molecule is O=C(c1ccc(O)cc1)N1CCN(C(=O)C2CC23CCNCC3)CC1. The van der Waals surface area contributed by atoms with Crippen LogP contribution >= 0.6 is 0 Å². The van der Waals surface area contributed by atoms with E-state index in [4.69, 9.17) is 0 Å². The Morgan fingerprint density at radius 2 is 1.60 bits per heavy atom. The van der Waals surface area contributed by atoms with Gasteiger partial charge in [-0.1, -0.05) is 0 Å². The van der Waals surface area contributed by atoms with Crippen molar-refractivity contribution in [1.29, 1.82) is 0 Å². The fraction of sp³-hybridized carbons (Fsp3) is 0.579. The molecule has 25 heavy (non-hydrogen) atoms. The molecule has 3 fully saturated rings.